The van der Waals surface area contributed by atoms with Crippen LogP contribution in [0.3, 0.4) is 0 Å². The first kappa shape index (κ1) is 20.4. The summed E-state index contributed by atoms with van der Waals surface area (Å²) in [4.78, 5) is 23.8. The molecule has 0 aliphatic heterocycles. The third kappa shape index (κ3) is 3.58. The van der Waals surface area contributed by atoms with E-state index in [0.717, 1.165) is 68.3 Å². The van der Waals surface area contributed by atoms with Gasteiger partial charge in [-0.05, 0) is 50.5 Å². The van der Waals surface area contributed by atoms with Crippen LogP contribution < -0.4 is 4.90 Å². The van der Waals surface area contributed by atoms with Crippen LogP contribution in [0.25, 0.3) is 43.6 Å². The van der Waals surface area contributed by atoms with Crippen LogP contribution in [0.2, 0.25) is 0 Å². The van der Waals surface area contributed by atoms with Crippen molar-refractivity contribution in [3.05, 3.63) is 85.2 Å². The molecule has 0 aliphatic rings. The van der Waals surface area contributed by atoms with Gasteiger partial charge in [0, 0.05) is 47.0 Å². The van der Waals surface area contributed by atoms with Gasteiger partial charge in [0.15, 0.2) is 0 Å². The first-order chi connectivity index (χ1) is 16.7. The lowest BCUT2D eigenvalue weighted by atomic mass is 10.1. The van der Waals surface area contributed by atoms with Crippen LogP contribution in [0, 0.1) is 0 Å². The molecule has 0 saturated carbocycles. The van der Waals surface area contributed by atoms with Gasteiger partial charge in [-0.15, -0.1) is 0 Å². The monoisotopic (exact) mass is 444 g/mol. The molecule has 6 heteroatoms. The van der Waals surface area contributed by atoms with E-state index in [1.54, 1.807) is 0 Å². The standard InChI is InChI=1S/C28H24N6/c1-33(2)17-18-34(23-13-11-21-9-7-19-5-3-15-29-25(19)27(21)31-23)24-14-12-22-10-8-20-6-4-16-30-26(20)28(22)32-24/h3-16H,17-18H2,1-2H3. The predicted octanol–water partition coefficient (Wildman–Crippen LogP) is 5.58. The maximum atomic E-state index is 5.09. The Morgan fingerprint density at radius 2 is 0.971 bits per heavy atom. The van der Waals surface area contributed by atoms with E-state index in [9.17, 15) is 0 Å². The van der Waals surface area contributed by atoms with E-state index >= 15 is 0 Å². The number of likely N-dealkylation sites (N-methyl/N-ethyl adjacent to an activating group) is 1. The Hall–Kier alpha value is -4.16. The Kier molecular flexibility index (Phi) is 5.00. The molecule has 0 radical (unpaired) electrons. The third-order valence-corrected chi connectivity index (χ3v) is 6.16. The second-order valence-electron chi connectivity index (χ2n) is 8.72. The summed E-state index contributed by atoms with van der Waals surface area (Å²) in [6.07, 6.45) is 3.64. The van der Waals surface area contributed by atoms with Crippen LogP contribution in [0.5, 0.6) is 0 Å². The predicted molar refractivity (Wildman–Crippen MR) is 140 cm³/mol. The molecule has 2 aromatic carbocycles. The fraction of sp³-hybridized carbons (Fsp3) is 0.143. The summed E-state index contributed by atoms with van der Waals surface area (Å²) in [5, 5.41) is 4.31. The summed E-state index contributed by atoms with van der Waals surface area (Å²) in [5.74, 6) is 1.71. The van der Waals surface area contributed by atoms with Gasteiger partial charge in [-0.1, -0.05) is 36.4 Å². The summed E-state index contributed by atoms with van der Waals surface area (Å²) in [5.41, 5.74) is 3.63. The SMILES string of the molecule is CN(C)CCN(c1ccc2ccc3cccnc3c2n1)c1ccc2ccc3cccnc3c2n1. The van der Waals surface area contributed by atoms with E-state index in [-0.39, 0.29) is 0 Å². The smallest absolute Gasteiger partial charge is 0.134 e. The zero-order valence-electron chi connectivity index (χ0n) is 19.2. The van der Waals surface area contributed by atoms with Gasteiger partial charge in [0.25, 0.3) is 0 Å². The van der Waals surface area contributed by atoms with Crippen molar-refractivity contribution in [1.82, 2.24) is 24.8 Å². The highest BCUT2D eigenvalue weighted by atomic mass is 15.3. The van der Waals surface area contributed by atoms with Crippen LogP contribution in [-0.2, 0) is 0 Å². The van der Waals surface area contributed by atoms with Crippen molar-refractivity contribution in [2.24, 2.45) is 0 Å². The van der Waals surface area contributed by atoms with Crippen LogP contribution in [0.1, 0.15) is 0 Å². The van der Waals surface area contributed by atoms with E-state index in [1.807, 2.05) is 24.5 Å². The quantitative estimate of drug-likeness (QED) is 0.324. The second-order valence-corrected chi connectivity index (χ2v) is 8.72. The minimum absolute atomic E-state index is 0.750. The van der Waals surface area contributed by atoms with Gasteiger partial charge >= 0.3 is 0 Å². The summed E-state index contributed by atoms with van der Waals surface area (Å²) in [7, 11) is 4.16. The molecule has 0 aliphatic carbocycles. The minimum Gasteiger partial charge on any atom is -0.310 e. The molecule has 0 N–H and O–H groups in total. The van der Waals surface area contributed by atoms with Crippen molar-refractivity contribution in [3.63, 3.8) is 0 Å². The normalized spacial score (nSPS) is 11.7. The van der Waals surface area contributed by atoms with Gasteiger partial charge in [0.05, 0.1) is 22.1 Å². The molecule has 0 unspecified atom stereocenters. The van der Waals surface area contributed by atoms with Crippen LogP contribution >= 0.6 is 0 Å². The Labute approximate surface area is 197 Å². The number of pyridine rings is 4. The second kappa shape index (κ2) is 8.32. The molecular formula is C28H24N6. The molecule has 0 spiro atoms. The number of hydrogen-bond donors (Lipinski definition) is 0. The fourth-order valence-corrected chi connectivity index (χ4v) is 4.37. The molecule has 4 heterocycles. The van der Waals surface area contributed by atoms with Crippen molar-refractivity contribution >= 4 is 55.2 Å². The Balaban J connectivity index is 1.54. The molecule has 166 valence electrons. The van der Waals surface area contributed by atoms with E-state index in [1.165, 1.54) is 0 Å². The van der Waals surface area contributed by atoms with Gasteiger partial charge in [-0.2, -0.15) is 0 Å². The zero-order valence-corrected chi connectivity index (χ0v) is 19.2. The molecule has 0 saturated heterocycles. The number of hydrogen-bond acceptors (Lipinski definition) is 6. The lowest BCUT2D eigenvalue weighted by molar-refractivity contribution is 0.418. The molecule has 6 aromatic rings. The van der Waals surface area contributed by atoms with Crippen molar-refractivity contribution in [3.8, 4) is 0 Å². The highest BCUT2D eigenvalue weighted by molar-refractivity contribution is 6.04. The zero-order chi connectivity index (χ0) is 23.1. The largest absolute Gasteiger partial charge is 0.310 e. The number of benzene rings is 2. The number of fused-ring (bicyclic) bond motifs is 6. The van der Waals surface area contributed by atoms with Gasteiger partial charge < -0.3 is 9.80 Å². The summed E-state index contributed by atoms with van der Waals surface area (Å²) in [6.45, 7) is 1.61. The molecule has 0 fully saturated rings. The molecule has 0 amide bonds. The Morgan fingerprint density at radius 1 is 0.529 bits per heavy atom. The Bertz CT molecular complexity index is 1540. The highest BCUT2D eigenvalue weighted by Crippen LogP contribution is 2.30. The summed E-state index contributed by atoms with van der Waals surface area (Å²) >= 11 is 0. The number of anilines is 2. The van der Waals surface area contributed by atoms with Gasteiger partial charge in [0.1, 0.15) is 11.6 Å². The molecule has 4 aromatic heterocycles. The molecular weight excluding hydrogens is 420 g/mol. The lowest BCUT2D eigenvalue weighted by Gasteiger charge is -2.25. The summed E-state index contributed by atoms with van der Waals surface area (Å²) in [6, 6.07) is 24.8. The molecule has 0 atom stereocenters. The number of rotatable bonds is 5. The maximum Gasteiger partial charge on any atom is 0.134 e. The van der Waals surface area contributed by atoms with E-state index in [2.05, 4.69) is 94.5 Å². The van der Waals surface area contributed by atoms with Crippen LogP contribution in [0.15, 0.2) is 85.2 Å². The first-order valence-corrected chi connectivity index (χ1v) is 11.4. The van der Waals surface area contributed by atoms with Crippen molar-refractivity contribution < 1.29 is 0 Å². The average molecular weight is 445 g/mol. The van der Waals surface area contributed by atoms with Crippen molar-refractivity contribution in [2.45, 2.75) is 0 Å². The van der Waals surface area contributed by atoms with E-state index in [4.69, 9.17) is 9.97 Å². The molecule has 6 rings (SSSR count). The van der Waals surface area contributed by atoms with Gasteiger partial charge in [-0.3, -0.25) is 9.97 Å². The van der Waals surface area contributed by atoms with E-state index in [0.29, 0.717) is 0 Å². The lowest BCUT2D eigenvalue weighted by Crippen LogP contribution is -2.29. The average Bonchev–Trinajstić information content (AvgIpc) is 2.88. The van der Waals surface area contributed by atoms with Gasteiger partial charge in [-0.25, -0.2) is 9.97 Å². The van der Waals surface area contributed by atoms with Crippen LogP contribution in [-0.4, -0.2) is 52.0 Å². The number of aromatic nitrogens is 4. The topological polar surface area (TPSA) is 58.0 Å². The van der Waals surface area contributed by atoms with E-state index < -0.39 is 0 Å². The summed E-state index contributed by atoms with van der Waals surface area (Å²) < 4.78 is 0. The molecule has 0 bridgehead atoms. The number of nitrogens with zero attached hydrogens (tertiary/aromatic N) is 6. The third-order valence-electron chi connectivity index (χ3n) is 6.16. The first-order valence-electron chi connectivity index (χ1n) is 11.4. The fourth-order valence-electron chi connectivity index (χ4n) is 4.37. The van der Waals surface area contributed by atoms with Crippen LogP contribution in [0.4, 0.5) is 11.6 Å². The molecule has 34 heavy (non-hydrogen) atoms. The molecule has 6 nitrogen and oxygen atoms in total. The maximum absolute atomic E-state index is 5.09. The minimum atomic E-state index is 0.750. The Morgan fingerprint density at radius 3 is 1.44 bits per heavy atom. The highest BCUT2D eigenvalue weighted by Gasteiger charge is 2.16. The van der Waals surface area contributed by atoms with Gasteiger partial charge in [0.2, 0.25) is 0 Å². The van der Waals surface area contributed by atoms with Crippen molar-refractivity contribution in [1.29, 1.82) is 0 Å². The van der Waals surface area contributed by atoms with Crippen molar-refractivity contribution in [2.75, 3.05) is 32.1 Å².